The Balaban J connectivity index is 1.94. The van der Waals surface area contributed by atoms with E-state index in [1.165, 1.54) is 5.56 Å². The summed E-state index contributed by atoms with van der Waals surface area (Å²) in [5.74, 6) is -0.908. The predicted molar refractivity (Wildman–Crippen MR) is 89.6 cm³/mol. The molecule has 0 amide bonds. The molecule has 1 aliphatic rings. The van der Waals surface area contributed by atoms with Crippen molar-refractivity contribution in [1.82, 2.24) is 0 Å². The zero-order valence-corrected chi connectivity index (χ0v) is 13.0. The molecule has 0 unspecified atom stereocenters. The first-order valence-electron chi connectivity index (χ1n) is 7.87. The molecule has 0 saturated carbocycles. The number of carbonyl (C=O) groups is 1. The van der Waals surface area contributed by atoms with Crippen molar-refractivity contribution in [2.75, 3.05) is 19.8 Å². The zero-order valence-electron chi connectivity index (χ0n) is 13.0. The lowest BCUT2D eigenvalue weighted by molar-refractivity contribution is 0.0530. The number of benzene rings is 2. The third-order valence-electron chi connectivity index (χ3n) is 4.78. The summed E-state index contributed by atoms with van der Waals surface area (Å²) in [4.78, 5) is 11.0. The van der Waals surface area contributed by atoms with Crippen LogP contribution < -0.4 is 5.73 Å². The van der Waals surface area contributed by atoms with Crippen molar-refractivity contribution < 1.29 is 14.6 Å². The van der Waals surface area contributed by atoms with Crippen LogP contribution in [0.15, 0.2) is 48.5 Å². The molecule has 4 nitrogen and oxygen atoms in total. The second kappa shape index (κ2) is 6.52. The second-order valence-electron chi connectivity index (χ2n) is 6.06. The molecule has 120 valence electrons. The Kier molecular flexibility index (Phi) is 4.46. The standard InChI is InChI=1S/C19H21NO3/c20-13-19(8-10-23-11-9-19)17-3-1-2-16(12-17)14-4-6-15(7-5-14)18(21)22/h1-7,12H,8-11,13,20H2,(H,21,22). The highest BCUT2D eigenvalue weighted by Crippen LogP contribution is 2.35. The molecular weight excluding hydrogens is 290 g/mol. The number of carboxylic acid groups (broad SMARTS) is 1. The summed E-state index contributed by atoms with van der Waals surface area (Å²) in [6.07, 6.45) is 1.87. The molecule has 0 atom stereocenters. The van der Waals surface area contributed by atoms with Crippen LogP contribution in [0.4, 0.5) is 0 Å². The number of hydrogen-bond donors (Lipinski definition) is 2. The first kappa shape index (κ1) is 15.7. The molecule has 0 spiro atoms. The van der Waals surface area contributed by atoms with E-state index in [1.807, 2.05) is 24.3 Å². The van der Waals surface area contributed by atoms with Crippen molar-refractivity contribution >= 4 is 5.97 Å². The van der Waals surface area contributed by atoms with Crippen LogP contribution in [0.1, 0.15) is 28.8 Å². The van der Waals surface area contributed by atoms with E-state index in [-0.39, 0.29) is 5.41 Å². The van der Waals surface area contributed by atoms with E-state index in [2.05, 4.69) is 12.1 Å². The lowest BCUT2D eigenvalue weighted by atomic mass is 9.73. The van der Waals surface area contributed by atoms with Crippen LogP contribution in [0.2, 0.25) is 0 Å². The highest BCUT2D eigenvalue weighted by Gasteiger charge is 2.33. The van der Waals surface area contributed by atoms with Crippen LogP contribution in [0.25, 0.3) is 11.1 Å². The summed E-state index contributed by atoms with van der Waals surface area (Å²) in [6, 6.07) is 15.4. The molecule has 4 heteroatoms. The Bertz CT molecular complexity index is 688. The monoisotopic (exact) mass is 311 g/mol. The molecule has 0 bridgehead atoms. The SMILES string of the molecule is NCC1(c2cccc(-c3ccc(C(=O)O)cc3)c2)CCOCC1. The van der Waals surface area contributed by atoms with Gasteiger partial charge in [-0.1, -0.05) is 36.4 Å². The summed E-state index contributed by atoms with van der Waals surface area (Å²) in [7, 11) is 0. The maximum Gasteiger partial charge on any atom is 0.335 e. The minimum absolute atomic E-state index is 0.0186. The Morgan fingerprint density at radius 3 is 2.39 bits per heavy atom. The maximum atomic E-state index is 11.0. The summed E-state index contributed by atoms with van der Waals surface area (Å²) < 4.78 is 5.49. The average molecular weight is 311 g/mol. The van der Waals surface area contributed by atoms with Crippen molar-refractivity contribution in [2.45, 2.75) is 18.3 Å². The Morgan fingerprint density at radius 2 is 1.78 bits per heavy atom. The van der Waals surface area contributed by atoms with Crippen molar-refractivity contribution in [2.24, 2.45) is 5.73 Å². The highest BCUT2D eigenvalue weighted by atomic mass is 16.5. The van der Waals surface area contributed by atoms with Gasteiger partial charge in [0.15, 0.2) is 0 Å². The van der Waals surface area contributed by atoms with Gasteiger partial charge in [0.25, 0.3) is 0 Å². The van der Waals surface area contributed by atoms with Crippen molar-refractivity contribution in [3.05, 3.63) is 59.7 Å². The molecule has 0 radical (unpaired) electrons. The first-order chi connectivity index (χ1) is 11.1. The van der Waals surface area contributed by atoms with E-state index in [0.717, 1.165) is 37.2 Å². The number of rotatable bonds is 4. The molecule has 1 heterocycles. The fourth-order valence-electron chi connectivity index (χ4n) is 3.21. The summed E-state index contributed by atoms with van der Waals surface area (Å²) in [5.41, 5.74) is 9.70. The minimum Gasteiger partial charge on any atom is -0.478 e. The smallest absolute Gasteiger partial charge is 0.335 e. The van der Waals surface area contributed by atoms with Gasteiger partial charge in [0.2, 0.25) is 0 Å². The van der Waals surface area contributed by atoms with Gasteiger partial charge in [0.1, 0.15) is 0 Å². The Labute approximate surface area is 135 Å². The van der Waals surface area contributed by atoms with E-state index in [4.69, 9.17) is 15.6 Å². The van der Waals surface area contributed by atoms with Gasteiger partial charge in [-0.05, 0) is 41.7 Å². The van der Waals surface area contributed by atoms with Crippen LogP contribution in [-0.2, 0) is 10.2 Å². The van der Waals surface area contributed by atoms with Crippen molar-refractivity contribution in [3.63, 3.8) is 0 Å². The fraction of sp³-hybridized carbons (Fsp3) is 0.316. The molecule has 2 aromatic rings. The van der Waals surface area contributed by atoms with Crippen LogP contribution in [-0.4, -0.2) is 30.8 Å². The zero-order chi connectivity index (χ0) is 16.3. The van der Waals surface area contributed by atoms with E-state index in [9.17, 15) is 4.79 Å². The molecule has 2 aromatic carbocycles. The van der Waals surface area contributed by atoms with Crippen molar-refractivity contribution in [1.29, 1.82) is 0 Å². The third-order valence-corrected chi connectivity index (χ3v) is 4.78. The van der Waals surface area contributed by atoms with Crippen molar-refractivity contribution in [3.8, 4) is 11.1 Å². The van der Waals surface area contributed by atoms with Gasteiger partial charge in [-0.25, -0.2) is 4.79 Å². The van der Waals surface area contributed by atoms with Gasteiger partial charge >= 0.3 is 5.97 Å². The number of ether oxygens (including phenoxy) is 1. The van der Waals surface area contributed by atoms with Gasteiger partial charge in [-0.3, -0.25) is 0 Å². The molecule has 0 aromatic heterocycles. The maximum absolute atomic E-state index is 11.0. The van der Waals surface area contributed by atoms with Crippen LogP contribution >= 0.6 is 0 Å². The summed E-state index contributed by atoms with van der Waals surface area (Å²) in [6.45, 7) is 2.10. The number of hydrogen-bond acceptors (Lipinski definition) is 3. The van der Waals surface area contributed by atoms with Gasteiger partial charge in [0, 0.05) is 25.2 Å². The molecular formula is C19H21NO3. The number of nitrogens with two attached hydrogens (primary N) is 1. The van der Waals surface area contributed by atoms with E-state index in [0.29, 0.717) is 12.1 Å². The molecule has 3 N–H and O–H groups in total. The normalized spacial score (nSPS) is 16.9. The molecule has 1 aliphatic heterocycles. The molecule has 1 saturated heterocycles. The van der Waals surface area contributed by atoms with Crippen LogP contribution in [0.3, 0.4) is 0 Å². The lowest BCUT2D eigenvalue weighted by Crippen LogP contribution is -2.40. The van der Waals surface area contributed by atoms with Gasteiger partial charge in [-0.2, -0.15) is 0 Å². The first-order valence-corrected chi connectivity index (χ1v) is 7.87. The minimum atomic E-state index is -0.908. The molecule has 3 rings (SSSR count). The molecule has 0 aliphatic carbocycles. The molecule has 23 heavy (non-hydrogen) atoms. The number of carboxylic acids is 1. The van der Waals surface area contributed by atoms with E-state index in [1.54, 1.807) is 12.1 Å². The Hall–Kier alpha value is -2.17. The summed E-state index contributed by atoms with van der Waals surface area (Å²) in [5, 5.41) is 9.00. The largest absolute Gasteiger partial charge is 0.478 e. The predicted octanol–water partition coefficient (Wildman–Crippen LogP) is 3.06. The quantitative estimate of drug-likeness (QED) is 0.910. The van der Waals surface area contributed by atoms with Gasteiger partial charge in [0.05, 0.1) is 5.56 Å². The number of aromatic carboxylic acids is 1. The summed E-state index contributed by atoms with van der Waals surface area (Å²) >= 11 is 0. The fourth-order valence-corrected chi connectivity index (χ4v) is 3.21. The van der Waals surface area contributed by atoms with E-state index >= 15 is 0 Å². The van der Waals surface area contributed by atoms with Crippen LogP contribution in [0, 0.1) is 0 Å². The topological polar surface area (TPSA) is 72.6 Å². The Morgan fingerprint density at radius 1 is 1.09 bits per heavy atom. The van der Waals surface area contributed by atoms with Gasteiger partial charge < -0.3 is 15.6 Å². The van der Waals surface area contributed by atoms with E-state index < -0.39 is 5.97 Å². The highest BCUT2D eigenvalue weighted by molar-refractivity contribution is 5.88. The lowest BCUT2D eigenvalue weighted by Gasteiger charge is -2.37. The van der Waals surface area contributed by atoms with Gasteiger partial charge in [-0.15, -0.1) is 0 Å². The second-order valence-corrected chi connectivity index (χ2v) is 6.06. The third kappa shape index (κ3) is 3.14. The molecule has 1 fully saturated rings. The average Bonchev–Trinajstić information content (AvgIpc) is 2.62. The van der Waals surface area contributed by atoms with Crippen LogP contribution in [0.5, 0.6) is 0 Å².